The summed E-state index contributed by atoms with van der Waals surface area (Å²) in [6.45, 7) is 0. The average Bonchev–Trinajstić information content (AvgIpc) is 2.46. The zero-order valence-corrected chi connectivity index (χ0v) is 10.8. The summed E-state index contributed by atoms with van der Waals surface area (Å²) in [4.78, 5) is 23.7. The van der Waals surface area contributed by atoms with E-state index in [2.05, 4.69) is 18.2 Å². The monoisotopic (exact) mass is 260 g/mol. The number of ketones is 2. The molecule has 0 saturated heterocycles. The van der Waals surface area contributed by atoms with E-state index in [1.54, 1.807) is 6.08 Å². The molecule has 2 aliphatic rings. The Labute approximate surface area is 115 Å². The summed E-state index contributed by atoms with van der Waals surface area (Å²) in [6, 6.07) is 12.1. The Morgan fingerprint density at radius 2 is 1.70 bits per heavy atom. The Balaban J connectivity index is 2.25. The van der Waals surface area contributed by atoms with Gasteiger partial charge in [-0.25, -0.2) is 0 Å². The fourth-order valence-electron chi connectivity index (χ4n) is 3.18. The van der Waals surface area contributed by atoms with Crippen molar-refractivity contribution >= 4 is 23.7 Å². The fraction of sp³-hybridized carbons (Fsp3) is 0.111. The molecule has 0 spiro atoms. The normalized spacial score (nSPS) is 15.6. The number of carbonyl (C=O) groups is 2. The van der Waals surface area contributed by atoms with E-state index in [1.165, 1.54) is 10.4 Å². The van der Waals surface area contributed by atoms with Gasteiger partial charge in [-0.3, -0.25) is 9.59 Å². The van der Waals surface area contributed by atoms with Gasteiger partial charge in [0.15, 0.2) is 11.6 Å². The molecule has 0 fully saturated rings. The van der Waals surface area contributed by atoms with Crippen molar-refractivity contribution in [1.29, 1.82) is 0 Å². The van der Waals surface area contributed by atoms with Gasteiger partial charge in [-0.1, -0.05) is 42.5 Å². The molecule has 2 nitrogen and oxygen atoms in total. The quantitative estimate of drug-likeness (QED) is 0.668. The molecule has 0 aromatic heterocycles. The van der Waals surface area contributed by atoms with Crippen molar-refractivity contribution in [3.05, 3.63) is 68.4 Å². The molecule has 4 rings (SSSR count). The van der Waals surface area contributed by atoms with Crippen molar-refractivity contribution in [2.45, 2.75) is 12.8 Å². The molecule has 2 heteroatoms. The number of fused-ring (bicyclic) bond motifs is 4. The molecule has 0 aliphatic heterocycles. The van der Waals surface area contributed by atoms with Crippen LogP contribution < -0.4 is 10.4 Å². The second kappa shape index (κ2) is 4.01. The zero-order valence-electron chi connectivity index (χ0n) is 10.8. The van der Waals surface area contributed by atoms with Gasteiger partial charge in [0.25, 0.3) is 0 Å². The molecule has 2 aliphatic carbocycles. The van der Waals surface area contributed by atoms with Crippen molar-refractivity contribution in [3.63, 3.8) is 0 Å². The van der Waals surface area contributed by atoms with Crippen LogP contribution in [-0.4, -0.2) is 11.6 Å². The van der Waals surface area contributed by atoms with E-state index >= 15 is 0 Å². The molecule has 0 N–H and O–H groups in total. The summed E-state index contributed by atoms with van der Waals surface area (Å²) in [6.07, 6.45) is 4.51. The van der Waals surface area contributed by atoms with Gasteiger partial charge in [0.2, 0.25) is 0 Å². The smallest absolute Gasteiger partial charge is 0.171 e. The van der Waals surface area contributed by atoms with Crippen LogP contribution in [0.4, 0.5) is 0 Å². The van der Waals surface area contributed by atoms with E-state index in [9.17, 15) is 9.59 Å². The maximum Gasteiger partial charge on any atom is 0.171 e. The lowest BCUT2D eigenvalue weighted by molar-refractivity contribution is -0.112. The Kier molecular flexibility index (Phi) is 2.27. The van der Waals surface area contributed by atoms with Gasteiger partial charge in [0.1, 0.15) is 0 Å². The third kappa shape index (κ3) is 1.51. The van der Waals surface area contributed by atoms with Crippen LogP contribution >= 0.6 is 0 Å². The van der Waals surface area contributed by atoms with Gasteiger partial charge in [0.05, 0.1) is 6.42 Å². The number of benzene rings is 2. The van der Waals surface area contributed by atoms with Crippen molar-refractivity contribution < 1.29 is 9.59 Å². The zero-order chi connectivity index (χ0) is 13.7. The molecule has 0 unspecified atom stereocenters. The minimum atomic E-state index is -0.0948. The van der Waals surface area contributed by atoms with Crippen LogP contribution in [0.25, 0.3) is 12.2 Å². The molecular weight excluding hydrogens is 248 g/mol. The first-order valence-electron chi connectivity index (χ1n) is 6.73. The summed E-state index contributed by atoms with van der Waals surface area (Å²) >= 11 is 0. The number of hydrogen-bond acceptors (Lipinski definition) is 2. The van der Waals surface area contributed by atoms with E-state index in [0.717, 1.165) is 28.0 Å². The Bertz CT molecular complexity index is 981. The van der Waals surface area contributed by atoms with Crippen LogP contribution in [0.1, 0.15) is 22.3 Å². The summed E-state index contributed by atoms with van der Waals surface area (Å²) in [7, 11) is 0. The second-order valence-corrected chi connectivity index (χ2v) is 5.26. The molecular formula is C18H12O2. The van der Waals surface area contributed by atoms with Crippen molar-refractivity contribution in [3.8, 4) is 0 Å². The van der Waals surface area contributed by atoms with Crippen molar-refractivity contribution in [2.24, 2.45) is 0 Å². The molecule has 20 heavy (non-hydrogen) atoms. The molecule has 2 aromatic rings. The Hall–Kier alpha value is -2.48. The molecule has 0 atom stereocenters. The lowest BCUT2D eigenvalue weighted by Crippen LogP contribution is -2.27. The van der Waals surface area contributed by atoms with Gasteiger partial charge in [-0.05, 0) is 38.9 Å². The van der Waals surface area contributed by atoms with Gasteiger partial charge in [0, 0.05) is 5.56 Å². The number of Topliss-reactive ketones (excluding diaryl/α,β-unsaturated/α-hetero) is 2. The maximum atomic E-state index is 12.2. The number of carbonyl (C=O) groups excluding carboxylic acids is 2. The predicted octanol–water partition coefficient (Wildman–Crippen LogP) is 1.25. The van der Waals surface area contributed by atoms with Gasteiger partial charge in [-0.15, -0.1) is 0 Å². The highest BCUT2D eigenvalue weighted by atomic mass is 16.1. The number of rotatable bonds is 0. The molecule has 96 valence electrons. The Morgan fingerprint density at radius 3 is 2.60 bits per heavy atom. The third-order valence-corrected chi connectivity index (χ3v) is 4.05. The highest BCUT2D eigenvalue weighted by Gasteiger charge is 2.21. The number of hydrogen-bond donors (Lipinski definition) is 0. The average molecular weight is 260 g/mol. The summed E-state index contributed by atoms with van der Waals surface area (Å²) in [5, 5.41) is 4.28. The van der Waals surface area contributed by atoms with E-state index in [0.29, 0.717) is 0 Å². The molecule has 0 amide bonds. The minimum absolute atomic E-state index is 0.00506. The van der Waals surface area contributed by atoms with Gasteiger partial charge >= 0.3 is 0 Å². The first kappa shape index (κ1) is 11.4. The van der Waals surface area contributed by atoms with Crippen LogP contribution in [0.5, 0.6) is 0 Å². The third-order valence-electron chi connectivity index (χ3n) is 4.05. The largest absolute Gasteiger partial charge is 0.294 e. The minimum Gasteiger partial charge on any atom is -0.294 e. The first-order chi connectivity index (χ1) is 9.74. The molecule has 0 bridgehead atoms. The second-order valence-electron chi connectivity index (χ2n) is 5.26. The van der Waals surface area contributed by atoms with Crippen LogP contribution in [0.2, 0.25) is 0 Å². The molecule has 0 heterocycles. The topological polar surface area (TPSA) is 34.1 Å². The van der Waals surface area contributed by atoms with Crippen molar-refractivity contribution in [1.82, 2.24) is 0 Å². The van der Waals surface area contributed by atoms with Crippen LogP contribution in [-0.2, 0) is 11.2 Å². The van der Waals surface area contributed by atoms with E-state index in [1.807, 2.05) is 24.3 Å². The van der Waals surface area contributed by atoms with Gasteiger partial charge < -0.3 is 0 Å². The van der Waals surface area contributed by atoms with E-state index in [-0.39, 0.29) is 18.0 Å². The lowest BCUT2D eigenvalue weighted by Gasteiger charge is -2.14. The fourth-order valence-corrected chi connectivity index (χ4v) is 3.18. The van der Waals surface area contributed by atoms with Crippen LogP contribution in [0, 0.1) is 10.4 Å². The SMILES string of the molecule is O=C1C=c2ccc3c(c2C(=O)C1)CC=c1ccccc1=3. The maximum absolute atomic E-state index is 12.2. The summed E-state index contributed by atoms with van der Waals surface area (Å²) in [5.74, 6) is -0.139. The standard InChI is InChI=1S/C18H12O2/c19-13-9-12-6-7-15-14-4-2-1-3-11(14)5-8-16(15)18(12)17(20)10-13/h1-7,9H,8,10H2. The summed E-state index contributed by atoms with van der Waals surface area (Å²) in [5.41, 5.74) is 1.81. The van der Waals surface area contributed by atoms with Crippen LogP contribution in [0.15, 0.2) is 36.4 Å². The molecule has 0 radical (unpaired) electrons. The van der Waals surface area contributed by atoms with Gasteiger partial charge in [-0.2, -0.15) is 0 Å². The van der Waals surface area contributed by atoms with E-state index in [4.69, 9.17) is 0 Å². The molecule has 0 saturated carbocycles. The van der Waals surface area contributed by atoms with Crippen molar-refractivity contribution in [2.75, 3.05) is 0 Å². The van der Waals surface area contributed by atoms with Crippen LogP contribution in [0.3, 0.4) is 0 Å². The first-order valence-corrected chi connectivity index (χ1v) is 6.73. The lowest BCUT2D eigenvalue weighted by atomic mass is 9.88. The Morgan fingerprint density at radius 1 is 0.850 bits per heavy atom. The predicted molar refractivity (Wildman–Crippen MR) is 76.4 cm³/mol. The molecule has 2 aromatic carbocycles. The highest BCUT2D eigenvalue weighted by molar-refractivity contribution is 6.22. The highest BCUT2D eigenvalue weighted by Crippen LogP contribution is 2.16. The van der Waals surface area contributed by atoms with E-state index < -0.39 is 0 Å². The summed E-state index contributed by atoms with van der Waals surface area (Å²) < 4.78 is 0.